The molecule has 1 amide bonds. The summed E-state index contributed by atoms with van der Waals surface area (Å²) in [5.41, 5.74) is 2.27. The number of carbonyl (C=O) groups is 2. The number of aliphatic hydroxyl groups excluding tert-OH is 1. The Kier molecular flexibility index (Phi) is 6.56. The number of aryl methyl sites for hydroxylation is 1. The predicted octanol–water partition coefficient (Wildman–Crippen LogP) is 4.68. The summed E-state index contributed by atoms with van der Waals surface area (Å²) in [6.45, 7) is 1.94. The van der Waals surface area contributed by atoms with Crippen molar-refractivity contribution in [3.8, 4) is 11.5 Å². The van der Waals surface area contributed by atoms with E-state index in [9.17, 15) is 14.7 Å². The van der Waals surface area contributed by atoms with Gasteiger partial charge in [0.2, 0.25) is 0 Å². The second kappa shape index (κ2) is 9.57. The number of para-hydroxylation sites is 1. The number of amides is 1. The Balaban J connectivity index is 1.97. The van der Waals surface area contributed by atoms with Gasteiger partial charge in [-0.1, -0.05) is 29.8 Å². The van der Waals surface area contributed by atoms with Gasteiger partial charge in [0.25, 0.3) is 11.7 Å². The normalized spacial score (nSPS) is 17.2. The topological polar surface area (TPSA) is 89.0 Å². The molecule has 1 atom stereocenters. The molecule has 8 heteroatoms. The SMILES string of the molecule is COc1ccccc1C1/C(=C(\O)c2cc(C)cc(Cl)c2OC)C(=O)C(=O)N1Cc1ccncc1. The highest BCUT2D eigenvalue weighted by Crippen LogP contribution is 2.45. The summed E-state index contributed by atoms with van der Waals surface area (Å²) in [4.78, 5) is 32.0. The van der Waals surface area contributed by atoms with Crippen molar-refractivity contribution in [1.82, 2.24) is 9.88 Å². The summed E-state index contributed by atoms with van der Waals surface area (Å²) in [5, 5.41) is 11.7. The highest BCUT2D eigenvalue weighted by molar-refractivity contribution is 6.46. The first kappa shape index (κ1) is 23.3. The van der Waals surface area contributed by atoms with Crippen molar-refractivity contribution in [3.63, 3.8) is 0 Å². The van der Waals surface area contributed by atoms with Gasteiger partial charge in [-0.15, -0.1) is 0 Å². The standard InChI is InChI=1S/C26H23ClN2O5/c1-15-12-18(25(34-3)19(27)13-15)23(30)21-22(17-6-4-5-7-20(17)33-2)29(26(32)24(21)31)14-16-8-10-28-11-9-16/h4-13,22,30H,14H2,1-3H3/b23-21+. The first-order chi connectivity index (χ1) is 16.4. The van der Waals surface area contributed by atoms with E-state index in [4.69, 9.17) is 21.1 Å². The number of hydrogen-bond donors (Lipinski definition) is 1. The molecule has 0 saturated carbocycles. The van der Waals surface area contributed by atoms with Crippen LogP contribution < -0.4 is 9.47 Å². The molecule has 1 aliphatic rings. The van der Waals surface area contributed by atoms with E-state index in [1.807, 2.05) is 6.92 Å². The predicted molar refractivity (Wildman–Crippen MR) is 128 cm³/mol. The monoisotopic (exact) mass is 478 g/mol. The molecule has 1 fully saturated rings. The number of hydrogen-bond acceptors (Lipinski definition) is 6. The summed E-state index contributed by atoms with van der Waals surface area (Å²) in [5.74, 6) is -1.21. The Morgan fingerprint density at radius 1 is 1.09 bits per heavy atom. The van der Waals surface area contributed by atoms with Gasteiger partial charge in [-0.2, -0.15) is 0 Å². The zero-order valence-electron chi connectivity index (χ0n) is 18.9. The molecule has 0 radical (unpaired) electrons. The molecule has 2 aromatic carbocycles. The second-order valence-electron chi connectivity index (χ2n) is 7.85. The maximum absolute atomic E-state index is 13.3. The van der Waals surface area contributed by atoms with Crippen molar-refractivity contribution in [2.24, 2.45) is 0 Å². The second-order valence-corrected chi connectivity index (χ2v) is 8.26. The van der Waals surface area contributed by atoms with Crippen LogP contribution in [-0.2, 0) is 16.1 Å². The van der Waals surface area contributed by atoms with E-state index in [0.717, 1.165) is 11.1 Å². The summed E-state index contributed by atoms with van der Waals surface area (Å²) in [6.07, 6.45) is 3.23. The van der Waals surface area contributed by atoms with Crippen LogP contribution in [0.4, 0.5) is 0 Å². The number of methoxy groups -OCH3 is 2. The number of carbonyl (C=O) groups excluding carboxylic acids is 2. The fourth-order valence-electron chi connectivity index (χ4n) is 4.20. The highest BCUT2D eigenvalue weighted by Gasteiger charge is 2.47. The Morgan fingerprint density at radius 2 is 1.79 bits per heavy atom. The van der Waals surface area contributed by atoms with Gasteiger partial charge in [-0.25, -0.2) is 0 Å². The van der Waals surface area contributed by atoms with Crippen LogP contribution in [0.5, 0.6) is 11.5 Å². The minimum absolute atomic E-state index is 0.0662. The smallest absolute Gasteiger partial charge is 0.295 e. The molecule has 1 aliphatic heterocycles. The van der Waals surface area contributed by atoms with Gasteiger partial charge in [-0.05, 0) is 48.4 Å². The third kappa shape index (κ3) is 4.10. The zero-order valence-corrected chi connectivity index (χ0v) is 19.7. The van der Waals surface area contributed by atoms with Crippen LogP contribution in [-0.4, -0.2) is 40.9 Å². The first-order valence-electron chi connectivity index (χ1n) is 10.5. The number of benzene rings is 2. The van der Waals surface area contributed by atoms with E-state index in [1.54, 1.807) is 60.9 Å². The zero-order chi connectivity index (χ0) is 24.4. The summed E-state index contributed by atoms with van der Waals surface area (Å²) in [6, 6.07) is 13.1. The third-order valence-corrected chi connectivity index (χ3v) is 6.00. The van der Waals surface area contributed by atoms with Crippen LogP contribution in [0.2, 0.25) is 5.02 Å². The minimum Gasteiger partial charge on any atom is -0.507 e. The lowest BCUT2D eigenvalue weighted by molar-refractivity contribution is -0.140. The van der Waals surface area contributed by atoms with E-state index < -0.39 is 17.7 Å². The number of aliphatic hydroxyl groups is 1. The van der Waals surface area contributed by atoms with Crippen LogP contribution in [0.25, 0.3) is 5.76 Å². The van der Waals surface area contributed by atoms with E-state index in [0.29, 0.717) is 11.3 Å². The molecule has 1 N–H and O–H groups in total. The van der Waals surface area contributed by atoms with E-state index in [-0.39, 0.29) is 34.2 Å². The number of pyridine rings is 1. The van der Waals surface area contributed by atoms with Gasteiger partial charge in [0.05, 0.1) is 36.4 Å². The third-order valence-electron chi connectivity index (χ3n) is 5.72. The molecule has 2 heterocycles. The van der Waals surface area contributed by atoms with Crippen LogP contribution in [0.3, 0.4) is 0 Å². The maximum atomic E-state index is 13.3. The number of Topliss-reactive ketones (excluding diaryl/α,β-unsaturated/α-hetero) is 1. The Hall–Kier alpha value is -3.84. The molecule has 1 unspecified atom stereocenters. The number of halogens is 1. The Morgan fingerprint density at radius 3 is 2.47 bits per heavy atom. The summed E-state index contributed by atoms with van der Waals surface area (Å²) < 4.78 is 10.9. The van der Waals surface area contributed by atoms with Crippen LogP contribution >= 0.6 is 11.6 Å². The molecule has 174 valence electrons. The van der Waals surface area contributed by atoms with Gasteiger partial charge in [0.15, 0.2) is 0 Å². The molecule has 0 aliphatic carbocycles. The van der Waals surface area contributed by atoms with Gasteiger partial charge in [0, 0.05) is 24.5 Å². The van der Waals surface area contributed by atoms with Crippen LogP contribution in [0.1, 0.15) is 28.3 Å². The number of likely N-dealkylation sites (tertiary alicyclic amines) is 1. The van der Waals surface area contributed by atoms with Gasteiger partial charge in [0.1, 0.15) is 17.3 Å². The van der Waals surface area contributed by atoms with Crippen molar-refractivity contribution in [1.29, 1.82) is 0 Å². The Labute approximate surface area is 202 Å². The fraction of sp³-hybridized carbons (Fsp3) is 0.192. The van der Waals surface area contributed by atoms with Crippen molar-refractivity contribution < 1.29 is 24.2 Å². The molecule has 0 spiro atoms. The molecule has 4 rings (SSSR count). The first-order valence-corrected chi connectivity index (χ1v) is 10.9. The molecule has 0 bridgehead atoms. The lowest BCUT2D eigenvalue weighted by Crippen LogP contribution is -2.29. The lowest BCUT2D eigenvalue weighted by atomic mass is 9.93. The lowest BCUT2D eigenvalue weighted by Gasteiger charge is -2.26. The quantitative estimate of drug-likeness (QED) is 0.314. The average Bonchev–Trinajstić information content (AvgIpc) is 3.08. The van der Waals surface area contributed by atoms with E-state index in [1.165, 1.54) is 19.1 Å². The van der Waals surface area contributed by atoms with E-state index in [2.05, 4.69) is 4.98 Å². The summed E-state index contributed by atoms with van der Waals surface area (Å²) >= 11 is 6.34. The van der Waals surface area contributed by atoms with Crippen molar-refractivity contribution >= 4 is 29.1 Å². The number of aromatic nitrogens is 1. The molecule has 7 nitrogen and oxygen atoms in total. The Bertz CT molecular complexity index is 1290. The van der Waals surface area contributed by atoms with Crippen molar-refractivity contribution in [3.05, 3.63) is 93.8 Å². The van der Waals surface area contributed by atoms with Gasteiger partial charge >= 0.3 is 0 Å². The van der Waals surface area contributed by atoms with Crippen LogP contribution in [0, 0.1) is 6.92 Å². The summed E-state index contributed by atoms with van der Waals surface area (Å²) in [7, 11) is 2.93. The number of ether oxygens (including phenoxy) is 2. The molecular formula is C26H23ClN2O5. The van der Waals surface area contributed by atoms with Crippen LogP contribution in [0.15, 0.2) is 66.5 Å². The molecule has 34 heavy (non-hydrogen) atoms. The molecule has 1 saturated heterocycles. The average molecular weight is 479 g/mol. The molecular weight excluding hydrogens is 456 g/mol. The maximum Gasteiger partial charge on any atom is 0.295 e. The molecule has 3 aromatic rings. The van der Waals surface area contributed by atoms with Gasteiger partial charge < -0.3 is 19.5 Å². The number of nitrogens with zero attached hydrogens (tertiary/aromatic N) is 2. The minimum atomic E-state index is -0.895. The van der Waals surface area contributed by atoms with Gasteiger partial charge in [-0.3, -0.25) is 14.6 Å². The number of ketones is 1. The fourth-order valence-corrected chi connectivity index (χ4v) is 4.55. The number of rotatable bonds is 6. The van der Waals surface area contributed by atoms with Crippen molar-refractivity contribution in [2.45, 2.75) is 19.5 Å². The van der Waals surface area contributed by atoms with E-state index >= 15 is 0 Å². The molecule has 1 aromatic heterocycles. The highest BCUT2D eigenvalue weighted by atomic mass is 35.5. The largest absolute Gasteiger partial charge is 0.507 e. The van der Waals surface area contributed by atoms with Crippen molar-refractivity contribution in [2.75, 3.05) is 14.2 Å².